The van der Waals surface area contributed by atoms with Gasteiger partial charge in [0.2, 0.25) is 0 Å². The molecule has 0 aliphatic heterocycles. The lowest BCUT2D eigenvalue weighted by Crippen LogP contribution is -2.34. The predicted molar refractivity (Wildman–Crippen MR) is 117 cm³/mol. The zero-order valence-electron chi connectivity index (χ0n) is 19.4. The number of hydrogen-bond acceptors (Lipinski definition) is 12. The SMILES string of the molecule is CCC(=O)OCC(COC(=O)NCCOCCOC(=O)Oc1ccc([N+](=O)[O-])cc1)OC(=O)CC. The number of non-ortho nitro benzene ring substituents is 1. The molecule has 1 amide bonds. The third-order valence-electron chi connectivity index (χ3n) is 3.92. The number of nitrogens with zero attached hydrogens (tertiary/aromatic N) is 1. The first-order chi connectivity index (χ1) is 16.7. The van der Waals surface area contributed by atoms with Crippen molar-refractivity contribution in [3.63, 3.8) is 0 Å². The van der Waals surface area contributed by atoms with E-state index in [1.54, 1.807) is 13.8 Å². The van der Waals surface area contributed by atoms with E-state index in [1.165, 1.54) is 24.3 Å². The molecule has 1 aromatic carbocycles. The van der Waals surface area contributed by atoms with Gasteiger partial charge in [-0.05, 0) is 12.1 Å². The van der Waals surface area contributed by atoms with Crippen LogP contribution in [0.1, 0.15) is 26.7 Å². The topological polar surface area (TPSA) is 179 Å². The number of carbonyl (C=O) groups is 4. The highest BCUT2D eigenvalue weighted by molar-refractivity contribution is 5.70. The Hall–Kier alpha value is -3.94. The van der Waals surface area contributed by atoms with Gasteiger partial charge in [0.15, 0.2) is 6.10 Å². The fourth-order valence-electron chi connectivity index (χ4n) is 2.17. The van der Waals surface area contributed by atoms with E-state index in [4.69, 9.17) is 28.4 Å². The fourth-order valence-corrected chi connectivity index (χ4v) is 2.17. The van der Waals surface area contributed by atoms with E-state index in [1.807, 2.05) is 0 Å². The molecule has 0 aliphatic carbocycles. The Balaban J connectivity index is 2.16. The molecule has 0 radical (unpaired) electrons. The van der Waals surface area contributed by atoms with Crippen molar-refractivity contribution >= 4 is 29.9 Å². The summed E-state index contributed by atoms with van der Waals surface area (Å²) in [5, 5.41) is 13.0. The molecule has 35 heavy (non-hydrogen) atoms. The van der Waals surface area contributed by atoms with E-state index in [0.717, 1.165) is 0 Å². The van der Waals surface area contributed by atoms with Gasteiger partial charge in [-0.1, -0.05) is 13.8 Å². The zero-order chi connectivity index (χ0) is 26.1. The highest BCUT2D eigenvalue weighted by Gasteiger charge is 2.18. The van der Waals surface area contributed by atoms with Crippen molar-refractivity contribution in [1.82, 2.24) is 5.32 Å². The summed E-state index contributed by atoms with van der Waals surface area (Å²) in [6.45, 7) is 2.72. The smallest absolute Gasteiger partial charge is 0.462 e. The molecule has 1 N–H and O–H groups in total. The maximum Gasteiger partial charge on any atom is 0.513 e. The Bertz CT molecular complexity index is 843. The first kappa shape index (κ1) is 29.1. The molecule has 1 atom stereocenters. The van der Waals surface area contributed by atoms with Crippen LogP contribution in [0.25, 0.3) is 0 Å². The second kappa shape index (κ2) is 16.6. The minimum absolute atomic E-state index is 0.0178. The van der Waals surface area contributed by atoms with Gasteiger partial charge in [0.25, 0.3) is 5.69 Å². The van der Waals surface area contributed by atoms with Crippen LogP contribution in [0, 0.1) is 10.1 Å². The molecule has 1 aromatic rings. The number of hydrogen-bond donors (Lipinski definition) is 1. The summed E-state index contributed by atoms with van der Waals surface area (Å²) in [5.74, 6) is -0.925. The molecule has 0 heterocycles. The molecule has 0 bridgehead atoms. The number of nitro groups is 1. The van der Waals surface area contributed by atoms with Crippen molar-refractivity contribution in [2.24, 2.45) is 0 Å². The van der Waals surface area contributed by atoms with Crippen molar-refractivity contribution in [3.8, 4) is 5.75 Å². The van der Waals surface area contributed by atoms with Crippen LogP contribution < -0.4 is 10.1 Å². The lowest BCUT2D eigenvalue weighted by molar-refractivity contribution is -0.384. The van der Waals surface area contributed by atoms with Crippen molar-refractivity contribution in [1.29, 1.82) is 0 Å². The van der Waals surface area contributed by atoms with Gasteiger partial charge in [0.05, 0.1) is 18.1 Å². The van der Waals surface area contributed by atoms with Crippen LogP contribution >= 0.6 is 0 Å². The van der Waals surface area contributed by atoms with Crippen LogP contribution in [0.3, 0.4) is 0 Å². The number of alkyl carbamates (subject to hydrolysis) is 1. The monoisotopic (exact) mass is 500 g/mol. The molecule has 0 aliphatic rings. The Kier molecular flexibility index (Phi) is 13.8. The summed E-state index contributed by atoms with van der Waals surface area (Å²) in [6.07, 6.45) is -2.46. The van der Waals surface area contributed by atoms with Crippen molar-refractivity contribution in [2.45, 2.75) is 32.8 Å². The van der Waals surface area contributed by atoms with Crippen molar-refractivity contribution in [3.05, 3.63) is 34.4 Å². The molecular formula is C21H28N2O12. The van der Waals surface area contributed by atoms with Crippen LogP contribution in [0.15, 0.2) is 24.3 Å². The van der Waals surface area contributed by atoms with Crippen LogP contribution in [0.4, 0.5) is 15.3 Å². The van der Waals surface area contributed by atoms with Crippen molar-refractivity contribution in [2.75, 3.05) is 39.6 Å². The van der Waals surface area contributed by atoms with Gasteiger partial charge in [0, 0.05) is 31.5 Å². The average Bonchev–Trinajstić information content (AvgIpc) is 2.84. The standard InChI is InChI=1S/C21H28N2O12/c1-3-18(24)32-13-17(34-19(25)4-2)14-33-20(26)22-9-10-30-11-12-31-21(27)35-16-7-5-15(6-8-16)23(28)29/h5-8,17H,3-4,9-14H2,1-2H3,(H,22,26). The fraction of sp³-hybridized carbons (Fsp3) is 0.524. The van der Waals surface area contributed by atoms with E-state index >= 15 is 0 Å². The van der Waals surface area contributed by atoms with Gasteiger partial charge in [-0.25, -0.2) is 9.59 Å². The lowest BCUT2D eigenvalue weighted by Gasteiger charge is -2.17. The molecule has 0 fully saturated rings. The zero-order valence-corrected chi connectivity index (χ0v) is 19.4. The molecular weight excluding hydrogens is 472 g/mol. The second-order valence-electron chi connectivity index (χ2n) is 6.59. The molecule has 0 aromatic heterocycles. The maximum atomic E-state index is 11.7. The minimum atomic E-state index is -1.01. The third-order valence-corrected chi connectivity index (χ3v) is 3.92. The number of benzene rings is 1. The van der Waals surface area contributed by atoms with Gasteiger partial charge >= 0.3 is 24.2 Å². The summed E-state index contributed by atoms with van der Waals surface area (Å²) >= 11 is 0. The number of nitrogens with one attached hydrogen (secondary N) is 1. The number of ether oxygens (including phenoxy) is 6. The van der Waals surface area contributed by atoms with E-state index in [9.17, 15) is 29.3 Å². The number of esters is 2. The van der Waals surface area contributed by atoms with E-state index in [0.29, 0.717) is 0 Å². The van der Waals surface area contributed by atoms with E-state index in [2.05, 4.69) is 5.32 Å². The number of rotatable bonds is 15. The van der Waals surface area contributed by atoms with Gasteiger partial charge in [0.1, 0.15) is 25.6 Å². The predicted octanol–water partition coefficient (Wildman–Crippen LogP) is 2.13. The summed E-state index contributed by atoms with van der Waals surface area (Å²) in [5.41, 5.74) is -0.145. The van der Waals surface area contributed by atoms with E-state index < -0.39 is 35.2 Å². The number of carbonyl (C=O) groups excluding carboxylic acids is 4. The van der Waals surface area contributed by atoms with Gasteiger partial charge in [-0.15, -0.1) is 0 Å². The van der Waals surface area contributed by atoms with Gasteiger partial charge in [-0.2, -0.15) is 0 Å². The highest BCUT2D eigenvalue weighted by Crippen LogP contribution is 2.17. The average molecular weight is 500 g/mol. The van der Waals surface area contributed by atoms with Crippen LogP contribution in [-0.4, -0.2) is 74.8 Å². The van der Waals surface area contributed by atoms with E-state index in [-0.39, 0.29) is 63.9 Å². The molecule has 14 heteroatoms. The quantitative estimate of drug-likeness (QED) is 0.0927. The Morgan fingerprint density at radius 2 is 1.57 bits per heavy atom. The second-order valence-corrected chi connectivity index (χ2v) is 6.59. The Morgan fingerprint density at radius 3 is 2.20 bits per heavy atom. The number of nitro benzene ring substituents is 1. The Morgan fingerprint density at radius 1 is 0.914 bits per heavy atom. The molecule has 0 saturated heterocycles. The summed E-state index contributed by atoms with van der Waals surface area (Å²) in [6, 6.07) is 4.88. The molecule has 0 spiro atoms. The normalized spacial score (nSPS) is 11.0. The molecule has 1 unspecified atom stereocenters. The van der Waals surface area contributed by atoms with Crippen LogP contribution in [0.5, 0.6) is 5.75 Å². The summed E-state index contributed by atoms with van der Waals surface area (Å²) in [4.78, 5) is 56.0. The first-order valence-electron chi connectivity index (χ1n) is 10.7. The van der Waals surface area contributed by atoms with Gasteiger partial charge in [-0.3, -0.25) is 19.7 Å². The van der Waals surface area contributed by atoms with Crippen molar-refractivity contribution < 1.29 is 52.5 Å². The summed E-state index contributed by atoms with van der Waals surface area (Å²) < 4.78 is 29.8. The molecule has 1 rings (SSSR count). The lowest BCUT2D eigenvalue weighted by atomic mass is 10.3. The first-order valence-corrected chi connectivity index (χ1v) is 10.7. The molecule has 0 saturated carbocycles. The third kappa shape index (κ3) is 13.4. The number of amides is 1. The largest absolute Gasteiger partial charge is 0.513 e. The van der Waals surface area contributed by atoms with Crippen LogP contribution in [-0.2, 0) is 33.3 Å². The molecule has 194 valence electrons. The van der Waals surface area contributed by atoms with Crippen LogP contribution in [0.2, 0.25) is 0 Å². The Labute approximate surface area is 200 Å². The molecule has 14 nitrogen and oxygen atoms in total. The maximum absolute atomic E-state index is 11.7. The minimum Gasteiger partial charge on any atom is -0.462 e. The highest BCUT2D eigenvalue weighted by atomic mass is 16.7. The summed E-state index contributed by atoms with van der Waals surface area (Å²) in [7, 11) is 0. The van der Waals surface area contributed by atoms with Gasteiger partial charge < -0.3 is 33.7 Å².